The Kier molecular flexibility index (Phi) is 3.09. The van der Waals surface area contributed by atoms with Crippen LogP contribution in [0.2, 0.25) is 0 Å². The molecule has 19 heavy (non-hydrogen) atoms. The Balaban J connectivity index is 2.82. The zero-order valence-electron chi connectivity index (χ0n) is 9.68. The van der Waals surface area contributed by atoms with Crippen molar-refractivity contribution in [3.63, 3.8) is 0 Å². The lowest BCUT2D eigenvalue weighted by molar-refractivity contribution is 1.49. The standard InChI is InChI=1S/C15H5N4/c1-18-14(8-16)12-7-13(15(9-17)19-2)11-6-4-3-5-10(11)12/h3-7H/q-1. The molecule has 0 amide bonds. The van der Waals surface area contributed by atoms with Crippen molar-refractivity contribution >= 4 is 17.0 Å². The molecule has 0 N–H and O–H groups in total. The Bertz CT molecular complexity index is 782. The quantitative estimate of drug-likeness (QED) is 0.423. The Hall–Kier alpha value is -3.38. The average molecular weight is 241 g/mol. The van der Waals surface area contributed by atoms with E-state index in [1.54, 1.807) is 30.3 Å². The first-order valence-corrected chi connectivity index (χ1v) is 5.25. The van der Waals surface area contributed by atoms with Crippen LogP contribution in [0.5, 0.6) is 0 Å². The van der Waals surface area contributed by atoms with Crippen LogP contribution in [-0.2, 0) is 0 Å². The van der Waals surface area contributed by atoms with Gasteiger partial charge in [0.2, 0.25) is 5.70 Å². The van der Waals surface area contributed by atoms with Crippen molar-refractivity contribution in [3.05, 3.63) is 81.1 Å². The second-order valence-corrected chi connectivity index (χ2v) is 3.66. The monoisotopic (exact) mass is 241 g/mol. The summed E-state index contributed by atoms with van der Waals surface area (Å²) in [5, 5.41) is 17.9. The van der Waals surface area contributed by atoms with Gasteiger partial charge in [0.1, 0.15) is 0 Å². The molecule has 4 heteroatoms. The topological polar surface area (TPSA) is 54.8 Å². The molecule has 0 fully saturated rings. The summed E-state index contributed by atoms with van der Waals surface area (Å²) in [6, 6.07) is 8.97. The molecule has 0 heterocycles. The van der Waals surface area contributed by atoms with Crippen molar-refractivity contribution in [2.24, 2.45) is 0 Å². The fourth-order valence-electron chi connectivity index (χ4n) is 1.94. The summed E-state index contributed by atoms with van der Waals surface area (Å²) in [5.74, 6) is 1.84. The van der Waals surface area contributed by atoms with Gasteiger partial charge in [-0.05, 0) is 22.3 Å². The van der Waals surface area contributed by atoms with Crippen LogP contribution < -0.4 is 0 Å². The minimum Gasteiger partial charge on any atom is -0.775 e. The van der Waals surface area contributed by atoms with Gasteiger partial charge in [-0.1, -0.05) is 30.3 Å². The van der Waals surface area contributed by atoms with E-state index < -0.39 is 0 Å². The number of nitrogens with zero attached hydrogens (tertiary/aromatic N) is 4. The highest BCUT2D eigenvalue weighted by Gasteiger charge is 2.22. The Morgan fingerprint density at radius 2 is 1.84 bits per heavy atom. The molecule has 0 atom stereocenters. The van der Waals surface area contributed by atoms with Gasteiger partial charge in [0.05, 0.1) is 19.2 Å². The second kappa shape index (κ2) is 4.86. The van der Waals surface area contributed by atoms with E-state index in [0.717, 1.165) is 0 Å². The maximum atomic E-state index is 8.97. The van der Waals surface area contributed by atoms with Gasteiger partial charge in [0.15, 0.2) is 0 Å². The van der Waals surface area contributed by atoms with E-state index in [9.17, 15) is 0 Å². The zero-order chi connectivity index (χ0) is 13.8. The van der Waals surface area contributed by atoms with Crippen LogP contribution in [0.4, 0.5) is 0 Å². The van der Waals surface area contributed by atoms with Crippen molar-refractivity contribution in [3.8, 4) is 6.07 Å². The maximum Gasteiger partial charge on any atom is 0.269 e. The van der Waals surface area contributed by atoms with Crippen molar-refractivity contribution in [1.29, 1.82) is 5.26 Å². The first-order chi connectivity index (χ1) is 9.26. The molecule has 0 unspecified atom stereocenters. The van der Waals surface area contributed by atoms with E-state index in [-0.39, 0.29) is 11.4 Å². The molecule has 1 aliphatic rings. The molecule has 0 aromatic heterocycles. The van der Waals surface area contributed by atoms with E-state index in [1.165, 1.54) is 0 Å². The minimum atomic E-state index is -0.0373. The van der Waals surface area contributed by atoms with Crippen LogP contribution in [0, 0.1) is 24.5 Å². The highest BCUT2D eigenvalue weighted by molar-refractivity contribution is 6.06. The molecule has 1 aromatic carbocycles. The third kappa shape index (κ3) is 1.84. The van der Waals surface area contributed by atoms with Crippen molar-refractivity contribution in [2.75, 3.05) is 0 Å². The third-order valence-electron chi connectivity index (χ3n) is 2.74. The Labute approximate surface area is 110 Å². The van der Waals surface area contributed by atoms with Crippen LogP contribution in [-0.4, -0.2) is 5.87 Å². The lowest BCUT2D eigenvalue weighted by Gasteiger charge is -2.03. The van der Waals surface area contributed by atoms with Crippen molar-refractivity contribution in [2.45, 2.75) is 0 Å². The SMILES string of the molecule is [C-]#[N+]C(=C=[N-])C1=CC(=C(C#N)[N+]#[C-])c2ccccc21. The lowest BCUT2D eigenvalue weighted by Crippen LogP contribution is -1.86. The van der Waals surface area contributed by atoms with E-state index in [1.807, 2.05) is 11.9 Å². The number of fused-ring (bicyclic) bond motifs is 1. The van der Waals surface area contributed by atoms with Crippen LogP contribution in [0.3, 0.4) is 0 Å². The van der Waals surface area contributed by atoms with Gasteiger partial charge in [0, 0.05) is 0 Å². The fraction of sp³-hybridized carbons (Fsp3) is 0. The van der Waals surface area contributed by atoms with Crippen molar-refractivity contribution < 1.29 is 0 Å². The summed E-state index contributed by atoms with van der Waals surface area (Å²) in [7, 11) is 0. The van der Waals surface area contributed by atoms with Gasteiger partial charge < -0.3 is 5.41 Å². The molecule has 1 aliphatic carbocycles. The minimum absolute atomic E-state index is 0.0373. The lowest BCUT2D eigenvalue weighted by atomic mass is 10.0. The summed E-state index contributed by atoms with van der Waals surface area (Å²) in [5.41, 5.74) is 2.29. The van der Waals surface area contributed by atoms with Gasteiger partial charge in [-0.15, -0.1) is 0 Å². The van der Waals surface area contributed by atoms with Gasteiger partial charge in [-0.2, -0.15) is 0 Å². The third-order valence-corrected chi connectivity index (χ3v) is 2.74. The largest absolute Gasteiger partial charge is 0.775 e. The van der Waals surface area contributed by atoms with E-state index in [2.05, 4.69) is 9.69 Å². The van der Waals surface area contributed by atoms with Crippen LogP contribution in [0.15, 0.2) is 41.7 Å². The van der Waals surface area contributed by atoms with Crippen molar-refractivity contribution in [1.82, 2.24) is 0 Å². The summed E-state index contributed by atoms with van der Waals surface area (Å²) >= 11 is 0. The normalized spacial score (nSPS) is 14.1. The predicted molar refractivity (Wildman–Crippen MR) is 72.0 cm³/mol. The molecule has 0 saturated heterocycles. The molecular weight excluding hydrogens is 236 g/mol. The van der Waals surface area contributed by atoms with E-state index in [0.29, 0.717) is 22.3 Å². The number of hydrogen-bond donors (Lipinski definition) is 0. The van der Waals surface area contributed by atoms with Crippen LogP contribution in [0.25, 0.3) is 26.2 Å². The average Bonchev–Trinajstić information content (AvgIpc) is 2.82. The van der Waals surface area contributed by atoms with Crippen LogP contribution >= 0.6 is 0 Å². The molecule has 0 aliphatic heterocycles. The number of hydrogen-bond acceptors (Lipinski definition) is 1. The summed E-state index contributed by atoms with van der Waals surface area (Å²) in [6.07, 6.45) is 1.57. The Morgan fingerprint density at radius 3 is 2.37 bits per heavy atom. The number of benzene rings is 1. The molecule has 0 bridgehead atoms. The van der Waals surface area contributed by atoms with Crippen LogP contribution in [0.1, 0.15) is 11.1 Å². The van der Waals surface area contributed by atoms with E-state index in [4.69, 9.17) is 23.8 Å². The molecule has 1 aromatic rings. The van der Waals surface area contributed by atoms with Gasteiger partial charge >= 0.3 is 0 Å². The highest BCUT2D eigenvalue weighted by Crippen LogP contribution is 2.40. The number of allylic oxidation sites excluding steroid dienone is 4. The fourth-order valence-corrected chi connectivity index (χ4v) is 1.94. The highest BCUT2D eigenvalue weighted by atomic mass is 14.7. The molecule has 0 saturated carbocycles. The van der Waals surface area contributed by atoms with Gasteiger partial charge in [-0.25, -0.2) is 15.0 Å². The summed E-state index contributed by atoms with van der Waals surface area (Å²) < 4.78 is 0. The summed E-state index contributed by atoms with van der Waals surface area (Å²) in [6.45, 7) is 14.0. The molecule has 4 nitrogen and oxygen atoms in total. The zero-order valence-corrected chi connectivity index (χ0v) is 9.68. The number of nitriles is 1. The predicted octanol–water partition coefficient (Wildman–Crippen LogP) is 3.28. The first kappa shape index (κ1) is 12.1. The smallest absolute Gasteiger partial charge is 0.269 e. The molecular formula is C15H5N4-. The molecule has 0 spiro atoms. The van der Waals surface area contributed by atoms with Gasteiger partial charge in [-0.3, -0.25) is 5.87 Å². The number of rotatable bonds is 1. The summed E-state index contributed by atoms with van der Waals surface area (Å²) in [4.78, 5) is 6.37. The maximum absolute atomic E-state index is 8.97. The Morgan fingerprint density at radius 1 is 1.16 bits per heavy atom. The molecule has 86 valence electrons. The molecule has 2 rings (SSSR count). The second-order valence-electron chi connectivity index (χ2n) is 3.66. The van der Waals surface area contributed by atoms with E-state index >= 15 is 0 Å². The molecule has 0 radical (unpaired) electrons. The van der Waals surface area contributed by atoms with Gasteiger partial charge in [0.25, 0.3) is 5.70 Å². The first-order valence-electron chi connectivity index (χ1n) is 5.25.